The van der Waals surface area contributed by atoms with Crippen LogP contribution in [0.15, 0.2) is 12.3 Å². The topological polar surface area (TPSA) is 82.6 Å². The van der Waals surface area contributed by atoms with Gasteiger partial charge in [0.25, 0.3) is 5.19 Å². The number of fused-ring (bicyclic) bond motifs is 1. The summed E-state index contributed by atoms with van der Waals surface area (Å²) in [5.41, 5.74) is 0.834. The number of thiazole rings is 1. The zero-order chi connectivity index (χ0) is 19.2. The molecule has 1 fully saturated rings. The van der Waals surface area contributed by atoms with Gasteiger partial charge in [-0.2, -0.15) is 0 Å². The van der Waals surface area contributed by atoms with Gasteiger partial charge in [0.2, 0.25) is 11.8 Å². The third kappa shape index (κ3) is 5.77. The summed E-state index contributed by atoms with van der Waals surface area (Å²) < 4.78 is 18.5. The molecule has 0 spiro atoms. The number of aromatic nitrogens is 2. The van der Waals surface area contributed by atoms with Crippen LogP contribution in [0.4, 0.5) is 0 Å². The highest BCUT2D eigenvalue weighted by Gasteiger charge is 2.24. The Morgan fingerprint density at radius 1 is 1.33 bits per heavy atom. The monoisotopic (exact) mass is 393 g/mol. The summed E-state index contributed by atoms with van der Waals surface area (Å²) in [7, 11) is 0. The van der Waals surface area contributed by atoms with Gasteiger partial charge in [0, 0.05) is 19.0 Å². The Labute approximate surface area is 163 Å². The minimum Gasteiger partial charge on any atom is -0.474 e. The fourth-order valence-electron chi connectivity index (χ4n) is 3.20. The van der Waals surface area contributed by atoms with E-state index >= 15 is 0 Å². The van der Waals surface area contributed by atoms with Gasteiger partial charge >= 0.3 is 0 Å². The van der Waals surface area contributed by atoms with Crippen LogP contribution in [0, 0.1) is 0 Å². The molecule has 0 saturated heterocycles. The Kier molecular flexibility index (Phi) is 6.84. The molecule has 1 N–H and O–H groups in total. The van der Waals surface area contributed by atoms with Crippen LogP contribution >= 0.6 is 11.3 Å². The van der Waals surface area contributed by atoms with Crippen LogP contribution in [0.2, 0.25) is 0 Å². The minimum atomic E-state index is -0.0259. The molecular formula is C19H27N3O4S. The highest BCUT2D eigenvalue weighted by Crippen LogP contribution is 2.31. The Balaban J connectivity index is 1.46. The highest BCUT2D eigenvalue weighted by molar-refractivity contribution is 7.20. The van der Waals surface area contributed by atoms with Crippen molar-refractivity contribution in [3.8, 4) is 11.1 Å². The summed E-state index contributed by atoms with van der Waals surface area (Å²) in [5.74, 6) is 0.611. The molecule has 8 heteroatoms. The first-order valence-corrected chi connectivity index (χ1v) is 10.3. The zero-order valence-electron chi connectivity index (χ0n) is 16.1. The molecule has 1 aliphatic rings. The number of carbonyl (C=O) groups is 1. The molecule has 0 bridgehead atoms. The van der Waals surface area contributed by atoms with Crippen molar-refractivity contribution in [2.75, 3.05) is 13.2 Å². The summed E-state index contributed by atoms with van der Waals surface area (Å²) in [6.07, 6.45) is 5.90. The number of hydrogen-bond donors (Lipinski definition) is 1. The molecule has 3 rings (SSSR count). The van der Waals surface area contributed by atoms with Crippen molar-refractivity contribution in [1.82, 2.24) is 15.3 Å². The molecule has 27 heavy (non-hydrogen) atoms. The van der Waals surface area contributed by atoms with Crippen LogP contribution in [-0.2, 0) is 9.53 Å². The maximum Gasteiger partial charge on any atom is 0.274 e. The van der Waals surface area contributed by atoms with Gasteiger partial charge in [-0.3, -0.25) is 4.79 Å². The van der Waals surface area contributed by atoms with E-state index in [9.17, 15) is 4.79 Å². The van der Waals surface area contributed by atoms with Crippen LogP contribution in [0.3, 0.4) is 0 Å². The highest BCUT2D eigenvalue weighted by atomic mass is 32.1. The molecule has 2 aromatic heterocycles. The van der Waals surface area contributed by atoms with Crippen LogP contribution in [0.25, 0.3) is 10.2 Å². The maximum absolute atomic E-state index is 11.0. The van der Waals surface area contributed by atoms with Gasteiger partial charge in [0.1, 0.15) is 11.6 Å². The lowest BCUT2D eigenvalue weighted by Gasteiger charge is -2.29. The molecule has 1 saturated carbocycles. The third-order valence-electron chi connectivity index (χ3n) is 4.44. The number of rotatable bonds is 8. The number of amides is 1. The van der Waals surface area contributed by atoms with Crippen molar-refractivity contribution >= 4 is 27.5 Å². The number of ether oxygens (including phenoxy) is 3. The molecule has 1 atom stereocenters. The van der Waals surface area contributed by atoms with E-state index < -0.39 is 0 Å². The van der Waals surface area contributed by atoms with E-state index in [1.807, 2.05) is 19.9 Å². The summed E-state index contributed by atoms with van der Waals surface area (Å²) >= 11 is 1.51. The number of hydrogen-bond acceptors (Lipinski definition) is 7. The van der Waals surface area contributed by atoms with Crippen LogP contribution in [0.1, 0.15) is 46.5 Å². The van der Waals surface area contributed by atoms with Gasteiger partial charge in [0.05, 0.1) is 30.2 Å². The van der Waals surface area contributed by atoms with E-state index in [1.54, 1.807) is 6.20 Å². The molecule has 2 aromatic rings. The molecule has 2 heterocycles. The van der Waals surface area contributed by atoms with E-state index in [1.165, 1.54) is 18.3 Å². The van der Waals surface area contributed by atoms with Crippen molar-refractivity contribution in [2.45, 2.75) is 64.7 Å². The molecule has 0 unspecified atom stereocenters. The molecule has 0 aromatic carbocycles. The second kappa shape index (κ2) is 9.32. The average molecular weight is 394 g/mol. The van der Waals surface area contributed by atoms with Crippen LogP contribution in [-0.4, -0.2) is 47.3 Å². The van der Waals surface area contributed by atoms with Crippen molar-refractivity contribution in [3.05, 3.63) is 12.3 Å². The quantitative estimate of drug-likeness (QED) is 0.741. The number of nitrogens with one attached hydrogen (secondary N) is 1. The number of pyridine rings is 1. The fourth-order valence-corrected chi connectivity index (χ4v) is 4.07. The van der Waals surface area contributed by atoms with Crippen molar-refractivity contribution in [3.63, 3.8) is 0 Å². The van der Waals surface area contributed by atoms with Crippen LogP contribution in [0.5, 0.6) is 11.1 Å². The first-order chi connectivity index (χ1) is 13.0. The normalized spacial score (nSPS) is 21.0. The first kappa shape index (κ1) is 19.8. The minimum absolute atomic E-state index is 0.0259. The lowest BCUT2D eigenvalue weighted by molar-refractivity contribution is -0.120. The van der Waals surface area contributed by atoms with Gasteiger partial charge in [-0.1, -0.05) is 11.3 Å². The van der Waals surface area contributed by atoms with Gasteiger partial charge in [-0.25, -0.2) is 9.97 Å². The van der Waals surface area contributed by atoms with Gasteiger partial charge in [-0.15, -0.1) is 0 Å². The SMILES string of the molecule is CCOc1nc2cnc(OC3CCC(OC[C@H](C)NC(C)=O)CC3)cc2s1. The standard InChI is InChI=1S/C19H27N3O4S/c1-4-24-19-22-16-10-20-18(9-17(16)27-19)26-15-7-5-14(6-8-15)25-11-12(2)21-13(3)23/h9-10,12,14-15H,4-8,11H2,1-3H3,(H,21,23)/t12-,14?,15?/m0/s1. The summed E-state index contributed by atoms with van der Waals surface area (Å²) in [5, 5.41) is 3.50. The fraction of sp³-hybridized carbons (Fsp3) is 0.632. The molecule has 148 valence electrons. The van der Waals surface area contributed by atoms with E-state index in [0.29, 0.717) is 24.3 Å². The summed E-state index contributed by atoms with van der Waals surface area (Å²) in [6.45, 7) is 6.56. The zero-order valence-corrected chi connectivity index (χ0v) is 16.9. The number of nitrogens with zero attached hydrogens (tertiary/aromatic N) is 2. The van der Waals surface area contributed by atoms with E-state index in [0.717, 1.165) is 35.9 Å². The van der Waals surface area contributed by atoms with Crippen molar-refractivity contribution in [2.24, 2.45) is 0 Å². The predicted molar refractivity (Wildman–Crippen MR) is 104 cm³/mol. The van der Waals surface area contributed by atoms with Gasteiger partial charge < -0.3 is 19.5 Å². The van der Waals surface area contributed by atoms with Gasteiger partial charge in [-0.05, 0) is 39.5 Å². The Morgan fingerprint density at radius 2 is 2.07 bits per heavy atom. The Morgan fingerprint density at radius 3 is 2.78 bits per heavy atom. The third-order valence-corrected chi connectivity index (χ3v) is 5.37. The summed E-state index contributed by atoms with van der Waals surface area (Å²) in [6, 6.07) is 1.97. The Hall–Kier alpha value is -1.93. The largest absolute Gasteiger partial charge is 0.474 e. The molecule has 1 amide bonds. The van der Waals surface area contributed by atoms with E-state index in [2.05, 4.69) is 15.3 Å². The van der Waals surface area contributed by atoms with Crippen molar-refractivity contribution < 1.29 is 19.0 Å². The number of carbonyl (C=O) groups excluding carboxylic acids is 1. The average Bonchev–Trinajstić information content (AvgIpc) is 3.02. The van der Waals surface area contributed by atoms with Crippen LogP contribution < -0.4 is 14.8 Å². The maximum atomic E-state index is 11.0. The lowest BCUT2D eigenvalue weighted by atomic mass is 9.95. The molecule has 7 nitrogen and oxygen atoms in total. The second-order valence-electron chi connectivity index (χ2n) is 6.85. The van der Waals surface area contributed by atoms with E-state index in [4.69, 9.17) is 14.2 Å². The summed E-state index contributed by atoms with van der Waals surface area (Å²) in [4.78, 5) is 19.8. The molecule has 1 aliphatic carbocycles. The smallest absolute Gasteiger partial charge is 0.274 e. The van der Waals surface area contributed by atoms with E-state index in [-0.39, 0.29) is 24.2 Å². The Bertz CT molecular complexity index is 758. The lowest BCUT2D eigenvalue weighted by Crippen LogP contribution is -2.36. The van der Waals surface area contributed by atoms with Gasteiger partial charge in [0.15, 0.2) is 0 Å². The molecule has 0 radical (unpaired) electrons. The first-order valence-electron chi connectivity index (χ1n) is 9.48. The molecule has 0 aliphatic heterocycles. The molecular weight excluding hydrogens is 366 g/mol. The predicted octanol–water partition coefficient (Wildman–Crippen LogP) is 3.32. The van der Waals surface area contributed by atoms with Crippen molar-refractivity contribution in [1.29, 1.82) is 0 Å². The second-order valence-corrected chi connectivity index (χ2v) is 7.85.